The largest absolute Gasteiger partial charge is 0.361 e. The summed E-state index contributed by atoms with van der Waals surface area (Å²) in [6, 6.07) is 6.83. The van der Waals surface area contributed by atoms with Crippen LogP contribution in [0.1, 0.15) is 31.2 Å². The lowest BCUT2D eigenvalue weighted by atomic mass is 9.95. The Morgan fingerprint density at radius 3 is 3.00 bits per heavy atom. The van der Waals surface area contributed by atoms with Gasteiger partial charge in [-0.3, -0.25) is 0 Å². The van der Waals surface area contributed by atoms with E-state index in [0.717, 1.165) is 35.0 Å². The first-order chi connectivity index (χ1) is 9.29. The van der Waals surface area contributed by atoms with E-state index in [0.29, 0.717) is 0 Å². The molecular weight excluding hydrogens is 256 g/mol. The van der Waals surface area contributed by atoms with Crippen molar-refractivity contribution in [2.45, 2.75) is 38.3 Å². The van der Waals surface area contributed by atoms with Gasteiger partial charge >= 0.3 is 0 Å². The predicted octanol–water partition coefficient (Wildman–Crippen LogP) is 4.10. The summed E-state index contributed by atoms with van der Waals surface area (Å²) in [6.07, 6.45) is 7.86. The van der Waals surface area contributed by atoms with Gasteiger partial charge in [-0.05, 0) is 48.8 Å². The Labute approximate surface area is 118 Å². The summed E-state index contributed by atoms with van der Waals surface area (Å²) in [5.74, 6) is 1.94. The fourth-order valence-electron chi connectivity index (χ4n) is 4.04. The van der Waals surface area contributed by atoms with Crippen LogP contribution in [0.15, 0.2) is 24.4 Å². The summed E-state index contributed by atoms with van der Waals surface area (Å²) < 4.78 is 0. The molecule has 0 saturated heterocycles. The van der Waals surface area contributed by atoms with Crippen molar-refractivity contribution in [3.63, 3.8) is 0 Å². The third kappa shape index (κ3) is 2.07. The molecule has 3 heteroatoms. The zero-order valence-electron chi connectivity index (χ0n) is 11.0. The number of hydrogen-bond acceptors (Lipinski definition) is 1. The molecule has 2 aliphatic carbocycles. The molecule has 1 aromatic carbocycles. The molecule has 0 radical (unpaired) electrons. The van der Waals surface area contributed by atoms with Gasteiger partial charge in [-0.2, -0.15) is 0 Å². The van der Waals surface area contributed by atoms with Crippen molar-refractivity contribution in [2.24, 2.45) is 11.8 Å². The molecule has 0 amide bonds. The van der Waals surface area contributed by atoms with Crippen LogP contribution in [0, 0.1) is 11.8 Å². The van der Waals surface area contributed by atoms with Crippen molar-refractivity contribution in [1.82, 2.24) is 10.3 Å². The van der Waals surface area contributed by atoms with Crippen LogP contribution in [0.4, 0.5) is 0 Å². The smallest absolute Gasteiger partial charge is 0.0472 e. The highest BCUT2D eigenvalue weighted by Gasteiger charge is 2.38. The average molecular weight is 275 g/mol. The topological polar surface area (TPSA) is 27.8 Å². The lowest BCUT2D eigenvalue weighted by Gasteiger charge is -2.22. The van der Waals surface area contributed by atoms with Gasteiger partial charge in [0.2, 0.25) is 0 Å². The second-order valence-electron chi connectivity index (χ2n) is 6.17. The van der Waals surface area contributed by atoms with Crippen molar-refractivity contribution in [2.75, 3.05) is 0 Å². The fraction of sp³-hybridized carbons (Fsp3) is 0.500. The molecule has 2 aliphatic rings. The Bertz CT molecular complexity index is 604. The molecule has 2 N–H and O–H groups in total. The lowest BCUT2D eigenvalue weighted by molar-refractivity contribution is 0.351. The van der Waals surface area contributed by atoms with E-state index in [9.17, 15) is 0 Å². The Morgan fingerprint density at radius 2 is 2.21 bits per heavy atom. The highest BCUT2D eigenvalue weighted by Crippen LogP contribution is 2.44. The van der Waals surface area contributed by atoms with Gasteiger partial charge in [-0.1, -0.05) is 24.1 Å². The zero-order valence-corrected chi connectivity index (χ0v) is 11.7. The van der Waals surface area contributed by atoms with Crippen molar-refractivity contribution in [1.29, 1.82) is 0 Å². The molecule has 4 rings (SSSR count). The van der Waals surface area contributed by atoms with Crippen molar-refractivity contribution in [3.8, 4) is 0 Å². The quantitative estimate of drug-likeness (QED) is 0.866. The molecular formula is C16H19ClN2. The number of halogens is 1. The standard InChI is InChI=1S/C16H19ClN2/c17-13-3-4-14-12(9-19-16(14)7-13)8-18-15-6-10-1-2-11(15)5-10/h3-4,7,9-11,15,18-19H,1-2,5-6,8H2. The van der Waals surface area contributed by atoms with Gasteiger partial charge in [-0.25, -0.2) is 0 Å². The lowest BCUT2D eigenvalue weighted by Crippen LogP contribution is -2.33. The maximum Gasteiger partial charge on any atom is 0.0472 e. The molecule has 2 bridgehead atoms. The Hall–Kier alpha value is -0.990. The van der Waals surface area contributed by atoms with E-state index in [1.54, 1.807) is 0 Å². The Kier molecular flexibility index (Phi) is 2.82. The highest BCUT2D eigenvalue weighted by atomic mass is 35.5. The number of nitrogens with one attached hydrogen (secondary N) is 2. The van der Waals surface area contributed by atoms with E-state index in [1.807, 2.05) is 12.1 Å². The van der Waals surface area contributed by atoms with Gasteiger partial charge in [-0.15, -0.1) is 0 Å². The first-order valence-electron chi connectivity index (χ1n) is 7.28. The predicted molar refractivity (Wildman–Crippen MR) is 79.4 cm³/mol. The van der Waals surface area contributed by atoms with Crippen LogP contribution in [-0.4, -0.2) is 11.0 Å². The van der Waals surface area contributed by atoms with Gasteiger partial charge < -0.3 is 10.3 Å². The maximum absolute atomic E-state index is 6.02. The van der Waals surface area contributed by atoms with Crippen LogP contribution >= 0.6 is 11.6 Å². The van der Waals surface area contributed by atoms with Gasteiger partial charge in [0.05, 0.1) is 0 Å². The molecule has 3 atom stereocenters. The van der Waals surface area contributed by atoms with Crippen LogP contribution in [0.5, 0.6) is 0 Å². The minimum absolute atomic E-state index is 0.746. The molecule has 3 unspecified atom stereocenters. The normalized spacial score (nSPS) is 29.4. The molecule has 100 valence electrons. The van der Waals surface area contributed by atoms with Crippen LogP contribution in [-0.2, 0) is 6.54 Å². The number of benzene rings is 1. The van der Waals surface area contributed by atoms with Crippen LogP contribution < -0.4 is 5.32 Å². The number of H-pyrrole nitrogens is 1. The van der Waals surface area contributed by atoms with Gasteiger partial charge in [0.1, 0.15) is 0 Å². The van der Waals surface area contributed by atoms with E-state index >= 15 is 0 Å². The summed E-state index contributed by atoms with van der Waals surface area (Å²) in [5.41, 5.74) is 2.49. The SMILES string of the molecule is Clc1ccc2c(CNC3CC4CCC3C4)c[nH]c2c1. The summed E-state index contributed by atoms with van der Waals surface area (Å²) in [5, 5.41) is 5.85. The minimum atomic E-state index is 0.746. The highest BCUT2D eigenvalue weighted by molar-refractivity contribution is 6.31. The van der Waals surface area contributed by atoms with Crippen LogP contribution in [0.2, 0.25) is 5.02 Å². The van der Waals surface area contributed by atoms with E-state index in [4.69, 9.17) is 11.6 Å². The number of aromatic nitrogens is 1. The second-order valence-corrected chi connectivity index (χ2v) is 6.60. The van der Waals surface area contributed by atoms with E-state index in [-0.39, 0.29) is 0 Å². The van der Waals surface area contributed by atoms with Crippen molar-refractivity contribution < 1.29 is 0 Å². The summed E-state index contributed by atoms with van der Waals surface area (Å²) in [6.45, 7) is 0.968. The molecule has 0 spiro atoms. The molecule has 2 saturated carbocycles. The van der Waals surface area contributed by atoms with Gasteiger partial charge in [0.25, 0.3) is 0 Å². The van der Waals surface area contributed by atoms with Crippen molar-refractivity contribution >= 4 is 22.5 Å². The zero-order chi connectivity index (χ0) is 12.8. The first kappa shape index (κ1) is 11.8. The molecule has 2 aromatic rings. The summed E-state index contributed by atoms with van der Waals surface area (Å²) >= 11 is 6.02. The van der Waals surface area contributed by atoms with Gasteiger partial charge in [0.15, 0.2) is 0 Å². The molecule has 19 heavy (non-hydrogen) atoms. The summed E-state index contributed by atoms with van der Waals surface area (Å²) in [7, 11) is 0. The van der Waals surface area contributed by atoms with Crippen LogP contribution in [0.25, 0.3) is 10.9 Å². The van der Waals surface area contributed by atoms with Crippen molar-refractivity contribution in [3.05, 3.63) is 35.0 Å². The first-order valence-corrected chi connectivity index (χ1v) is 7.66. The Morgan fingerprint density at radius 1 is 1.26 bits per heavy atom. The van der Waals surface area contributed by atoms with Gasteiger partial charge in [0, 0.05) is 34.7 Å². The number of hydrogen-bond donors (Lipinski definition) is 2. The van der Waals surface area contributed by atoms with E-state index in [2.05, 4.69) is 22.6 Å². The third-order valence-corrected chi connectivity index (χ3v) is 5.26. The minimum Gasteiger partial charge on any atom is -0.361 e. The third-order valence-electron chi connectivity index (χ3n) is 5.02. The Balaban J connectivity index is 1.49. The second kappa shape index (κ2) is 4.53. The number of rotatable bonds is 3. The summed E-state index contributed by atoms with van der Waals surface area (Å²) in [4.78, 5) is 3.31. The molecule has 2 fully saturated rings. The van der Waals surface area contributed by atoms with Crippen LogP contribution in [0.3, 0.4) is 0 Å². The fourth-order valence-corrected chi connectivity index (χ4v) is 4.21. The molecule has 1 aromatic heterocycles. The number of fused-ring (bicyclic) bond motifs is 3. The molecule has 0 aliphatic heterocycles. The molecule has 2 nitrogen and oxygen atoms in total. The average Bonchev–Trinajstić information content (AvgIpc) is 3.10. The van der Waals surface area contributed by atoms with E-state index in [1.165, 1.54) is 36.6 Å². The van der Waals surface area contributed by atoms with E-state index < -0.39 is 0 Å². The maximum atomic E-state index is 6.02. The number of aromatic amines is 1. The molecule has 1 heterocycles. The monoisotopic (exact) mass is 274 g/mol.